The van der Waals surface area contributed by atoms with Gasteiger partial charge in [-0.2, -0.15) is 0 Å². The van der Waals surface area contributed by atoms with Crippen molar-refractivity contribution in [3.63, 3.8) is 0 Å². The predicted molar refractivity (Wildman–Crippen MR) is 112 cm³/mol. The molecule has 1 N–H and O–H groups in total. The molecule has 4 nitrogen and oxygen atoms in total. The monoisotopic (exact) mass is 384 g/mol. The van der Waals surface area contributed by atoms with Gasteiger partial charge in [0.25, 0.3) is 11.8 Å². The van der Waals surface area contributed by atoms with E-state index in [1.165, 1.54) is 4.88 Å². The fourth-order valence-corrected chi connectivity index (χ4v) is 4.93. The molecule has 5 heteroatoms. The van der Waals surface area contributed by atoms with E-state index < -0.39 is 0 Å². The average molecular weight is 385 g/mol. The van der Waals surface area contributed by atoms with Crippen LogP contribution in [0.15, 0.2) is 30.3 Å². The number of aryl methyl sites for hydroxylation is 1. The summed E-state index contributed by atoms with van der Waals surface area (Å²) >= 11 is 1.59. The molecule has 1 heterocycles. The van der Waals surface area contributed by atoms with Crippen molar-refractivity contribution in [2.75, 3.05) is 18.4 Å². The summed E-state index contributed by atoms with van der Waals surface area (Å²) in [5.41, 5.74) is 2.51. The Morgan fingerprint density at radius 3 is 2.37 bits per heavy atom. The highest BCUT2D eigenvalue weighted by Gasteiger charge is 2.29. The Hall–Kier alpha value is -2.14. The van der Waals surface area contributed by atoms with Crippen molar-refractivity contribution < 1.29 is 9.59 Å². The number of nitrogens with zero attached hydrogens (tertiary/aromatic N) is 1. The van der Waals surface area contributed by atoms with Gasteiger partial charge in [-0.3, -0.25) is 9.59 Å². The van der Waals surface area contributed by atoms with E-state index in [0.717, 1.165) is 67.7 Å². The van der Waals surface area contributed by atoms with Gasteiger partial charge in [0.05, 0.1) is 5.56 Å². The van der Waals surface area contributed by atoms with E-state index in [1.54, 1.807) is 23.5 Å². The van der Waals surface area contributed by atoms with Gasteiger partial charge in [0.2, 0.25) is 0 Å². The number of carbonyl (C=O) groups excluding carboxylic acids is 2. The highest BCUT2D eigenvalue weighted by Crippen LogP contribution is 2.39. The number of hydrogen-bond donors (Lipinski definition) is 1. The molecule has 1 aliphatic rings. The van der Waals surface area contributed by atoms with Gasteiger partial charge in [0.1, 0.15) is 5.00 Å². The smallest absolute Gasteiger partial charge is 0.257 e. The van der Waals surface area contributed by atoms with Gasteiger partial charge < -0.3 is 10.2 Å². The largest absolute Gasteiger partial charge is 0.339 e. The van der Waals surface area contributed by atoms with E-state index in [0.29, 0.717) is 5.56 Å². The molecule has 0 fully saturated rings. The molecule has 1 aliphatic carbocycles. The van der Waals surface area contributed by atoms with Crippen LogP contribution in [-0.4, -0.2) is 29.8 Å². The van der Waals surface area contributed by atoms with Gasteiger partial charge in [-0.15, -0.1) is 11.3 Å². The van der Waals surface area contributed by atoms with Crippen molar-refractivity contribution >= 4 is 28.2 Å². The van der Waals surface area contributed by atoms with Crippen molar-refractivity contribution in [2.24, 2.45) is 0 Å². The summed E-state index contributed by atoms with van der Waals surface area (Å²) in [6.45, 7) is 5.70. The first kappa shape index (κ1) is 19.6. The summed E-state index contributed by atoms with van der Waals surface area (Å²) < 4.78 is 0. The van der Waals surface area contributed by atoms with E-state index in [1.807, 2.05) is 23.1 Å². The molecule has 2 amide bonds. The normalized spacial score (nSPS) is 13.1. The number of rotatable bonds is 7. The molecule has 1 aromatic carbocycles. The van der Waals surface area contributed by atoms with Crippen LogP contribution in [0.3, 0.4) is 0 Å². The lowest BCUT2D eigenvalue weighted by Crippen LogP contribution is -2.33. The van der Waals surface area contributed by atoms with Crippen molar-refractivity contribution in [3.05, 3.63) is 51.9 Å². The average Bonchev–Trinajstić information content (AvgIpc) is 3.05. The van der Waals surface area contributed by atoms with Gasteiger partial charge in [0.15, 0.2) is 0 Å². The van der Waals surface area contributed by atoms with Crippen LogP contribution in [0.1, 0.15) is 70.7 Å². The third kappa shape index (κ3) is 4.41. The van der Waals surface area contributed by atoms with E-state index in [2.05, 4.69) is 19.2 Å². The number of benzene rings is 1. The second-order valence-electron chi connectivity index (χ2n) is 7.03. The third-order valence-corrected chi connectivity index (χ3v) is 6.13. The van der Waals surface area contributed by atoms with Crippen molar-refractivity contribution in [3.8, 4) is 0 Å². The number of carbonyl (C=O) groups is 2. The molecule has 144 valence electrons. The number of thiophene rings is 1. The van der Waals surface area contributed by atoms with E-state index in [4.69, 9.17) is 0 Å². The lowest BCUT2D eigenvalue weighted by Gasteiger charge is -2.23. The lowest BCUT2D eigenvalue weighted by molar-refractivity contribution is 0.0755. The first-order chi connectivity index (χ1) is 13.2. The molecule has 0 radical (unpaired) electrons. The Bertz CT molecular complexity index is 792. The molecule has 0 bridgehead atoms. The molecule has 0 aliphatic heterocycles. The Labute approximate surface area is 165 Å². The van der Waals surface area contributed by atoms with Crippen LogP contribution in [0.4, 0.5) is 5.00 Å². The van der Waals surface area contributed by atoms with Gasteiger partial charge in [-0.05, 0) is 56.2 Å². The van der Waals surface area contributed by atoms with Gasteiger partial charge in [-0.25, -0.2) is 0 Å². The predicted octanol–water partition coefficient (Wildman–Crippen LogP) is 5.14. The Kier molecular flexibility index (Phi) is 6.67. The molecule has 0 spiro atoms. The SMILES string of the molecule is CCCN(CCC)C(=O)c1c(NC(=O)c2ccccc2)sc2c1CCCC2. The number of hydrogen-bond acceptors (Lipinski definition) is 3. The summed E-state index contributed by atoms with van der Waals surface area (Å²) in [5, 5.41) is 3.76. The van der Waals surface area contributed by atoms with Crippen LogP contribution >= 0.6 is 11.3 Å². The summed E-state index contributed by atoms with van der Waals surface area (Å²) in [6.07, 6.45) is 6.06. The zero-order chi connectivity index (χ0) is 19.2. The van der Waals surface area contributed by atoms with Crippen LogP contribution in [0.2, 0.25) is 0 Å². The molecule has 0 atom stereocenters. The first-order valence-corrected chi connectivity index (χ1v) is 10.8. The third-order valence-electron chi connectivity index (χ3n) is 4.92. The second-order valence-corrected chi connectivity index (χ2v) is 8.13. The topological polar surface area (TPSA) is 49.4 Å². The molecular weight excluding hydrogens is 356 g/mol. The number of anilines is 1. The van der Waals surface area contributed by atoms with Crippen LogP contribution in [0.25, 0.3) is 0 Å². The maximum Gasteiger partial charge on any atom is 0.257 e. The Balaban J connectivity index is 1.95. The second kappa shape index (κ2) is 9.18. The highest BCUT2D eigenvalue weighted by atomic mass is 32.1. The van der Waals surface area contributed by atoms with E-state index in [-0.39, 0.29) is 11.8 Å². The summed E-state index contributed by atoms with van der Waals surface area (Å²) in [4.78, 5) is 29.3. The zero-order valence-electron chi connectivity index (χ0n) is 16.2. The van der Waals surface area contributed by atoms with Gasteiger partial charge in [0, 0.05) is 23.5 Å². The van der Waals surface area contributed by atoms with Crippen LogP contribution in [0, 0.1) is 0 Å². The minimum atomic E-state index is -0.152. The van der Waals surface area contributed by atoms with Crippen LogP contribution in [-0.2, 0) is 12.8 Å². The van der Waals surface area contributed by atoms with E-state index >= 15 is 0 Å². The summed E-state index contributed by atoms with van der Waals surface area (Å²) in [5.74, 6) is -0.0813. The van der Waals surface area contributed by atoms with Crippen molar-refractivity contribution in [1.82, 2.24) is 4.90 Å². The fraction of sp³-hybridized carbons (Fsp3) is 0.455. The van der Waals surface area contributed by atoms with E-state index in [9.17, 15) is 9.59 Å². The molecule has 0 saturated heterocycles. The van der Waals surface area contributed by atoms with Crippen LogP contribution in [0.5, 0.6) is 0 Å². The molecule has 1 aromatic heterocycles. The molecule has 3 rings (SSSR count). The number of fused-ring (bicyclic) bond motifs is 1. The first-order valence-electron chi connectivity index (χ1n) is 9.95. The lowest BCUT2D eigenvalue weighted by atomic mass is 9.95. The standard InChI is InChI=1S/C22H28N2O2S/c1-3-14-24(15-4-2)22(26)19-17-12-8-9-13-18(17)27-21(19)23-20(25)16-10-6-5-7-11-16/h5-7,10-11H,3-4,8-9,12-15H2,1-2H3,(H,23,25). The minimum Gasteiger partial charge on any atom is -0.339 e. The minimum absolute atomic E-state index is 0.0708. The summed E-state index contributed by atoms with van der Waals surface area (Å²) in [6, 6.07) is 9.19. The summed E-state index contributed by atoms with van der Waals surface area (Å²) in [7, 11) is 0. The molecular formula is C22H28N2O2S. The quantitative estimate of drug-likeness (QED) is 0.718. The van der Waals surface area contributed by atoms with Gasteiger partial charge >= 0.3 is 0 Å². The molecule has 0 saturated carbocycles. The maximum atomic E-state index is 13.4. The fourth-order valence-electron chi connectivity index (χ4n) is 3.66. The molecule has 2 aromatic rings. The molecule has 0 unspecified atom stereocenters. The van der Waals surface area contributed by atoms with Gasteiger partial charge in [-0.1, -0.05) is 32.0 Å². The maximum absolute atomic E-state index is 13.4. The van der Waals surface area contributed by atoms with Crippen molar-refractivity contribution in [1.29, 1.82) is 0 Å². The van der Waals surface area contributed by atoms with Crippen molar-refractivity contribution in [2.45, 2.75) is 52.4 Å². The highest BCUT2D eigenvalue weighted by molar-refractivity contribution is 7.17. The zero-order valence-corrected chi connectivity index (χ0v) is 17.0. The Morgan fingerprint density at radius 1 is 1.04 bits per heavy atom. The van der Waals surface area contributed by atoms with Crippen LogP contribution < -0.4 is 5.32 Å². The number of nitrogens with one attached hydrogen (secondary N) is 1. The Morgan fingerprint density at radius 2 is 1.70 bits per heavy atom. The molecule has 27 heavy (non-hydrogen) atoms. The number of amides is 2.